The highest BCUT2D eigenvalue weighted by Crippen LogP contribution is 2.18. The predicted octanol–water partition coefficient (Wildman–Crippen LogP) is 1.93. The fourth-order valence-corrected chi connectivity index (χ4v) is 0.866. The summed E-state index contributed by atoms with van der Waals surface area (Å²) in [7, 11) is 0. The van der Waals surface area contributed by atoms with Crippen LogP contribution in [0.3, 0.4) is 0 Å². The van der Waals surface area contributed by atoms with Gasteiger partial charge in [0.1, 0.15) is 0 Å². The number of halogens is 1. The van der Waals surface area contributed by atoms with Crippen LogP contribution in [-0.4, -0.2) is 11.2 Å². The van der Waals surface area contributed by atoms with Crippen molar-refractivity contribution in [3.63, 3.8) is 0 Å². The van der Waals surface area contributed by atoms with Gasteiger partial charge in [0.05, 0.1) is 10.7 Å². The van der Waals surface area contributed by atoms with Gasteiger partial charge in [0.25, 0.3) is 0 Å². The van der Waals surface area contributed by atoms with Crippen LogP contribution < -0.4 is 10.9 Å². The number of hydrogen-bond donors (Lipinski definition) is 3. The second-order valence-corrected chi connectivity index (χ2v) is 2.44. The molecule has 0 fully saturated rings. The van der Waals surface area contributed by atoms with Gasteiger partial charge in [-0.25, -0.2) is 10.2 Å². The van der Waals surface area contributed by atoms with Crippen LogP contribution in [0.1, 0.15) is 0 Å². The van der Waals surface area contributed by atoms with Gasteiger partial charge in [0, 0.05) is 0 Å². The van der Waals surface area contributed by atoms with E-state index in [1.165, 1.54) is 0 Å². The molecular formula is C7H7ClN2O2. The Hall–Kier alpha value is -1.42. The summed E-state index contributed by atoms with van der Waals surface area (Å²) in [6, 6.07) is 6.83. The number of para-hydroxylation sites is 1. The maximum atomic E-state index is 10.1. The van der Waals surface area contributed by atoms with Gasteiger partial charge < -0.3 is 5.11 Å². The molecule has 1 amide bonds. The lowest BCUT2D eigenvalue weighted by Crippen LogP contribution is -2.27. The fraction of sp³-hybridized carbons (Fsp3) is 0. The van der Waals surface area contributed by atoms with Crippen molar-refractivity contribution in [2.75, 3.05) is 5.43 Å². The summed E-state index contributed by atoms with van der Waals surface area (Å²) in [4.78, 5) is 10.1. The van der Waals surface area contributed by atoms with Crippen LogP contribution >= 0.6 is 11.6 Å². The molecule has 0 aliphatic heterocycles. The summed E-state index contributed by atoms with van der Waals surface area (Å²) in [5.41, 5.74) is 4.94. The van der Waals surface area contributed by atoms with E-state index in [1.54, 1.807) is 24.3 Å². The quantitative estimate of drug-likeness (QED) is 0.619. The summed E-state index contributed by atoms with van der Waals surface area (Å²) < 4.78 is 0. The average molecular weight is 187 g/mol. The Kier molecular flexibility index (Phi) is 2.76. The van der Waals surface area contributed by atoms with Gasteiger partial charge in [-0.3, -0.25) is 5.43 Å². The third kappa shape index (κ3) is 2.32. The minimum atomic E-state index is -1.16. The molecule has 64 valence electrons. The van der Waals surface area contributed by atoms with Crippen molar-refractivity contribution in [3.8, 4) is 0 Å². The van der Waals surface area contributed by atoms with Crippen molar-refractivity contribution in [2.24, 2.45) is 0 Å². The van der Waals surface area contributed by atoms with Gasteiger partial charge in [0.15, 0.2) is 0 Å². The van der Waals surface area contributed by atoms with Crippen LogP contribution in [0.2, 0.25) is 5.02 Å². The number of rotatable bonds is 2. The van der Waals surface area contributed by atoms with Crippen molar-refractivity contribution in [1.82, 2.24) is 5.43 Å². The highest BCUT2D eigenvalue weighted by molar-refractivity contribution is 6.33. The van der Waals surface area contributed by atoms with Crippen molar-refractivity contribution in [3.05, 3.63) is 29.3 Å². The summed E-state index contributed by atoms with van der Waals surface area (Å²) >= 11 is 5.71. The molecule has 1 aromatic rings. The molecule has 5 heteroatoms. The van der Waals surface area contributed by atoms with E-state index in [9.17, 15) is 4.79 Å². The first-order valence-electron chi connectivity index (χ1n) is 3.19. The molecule has 0 bridgehead atoms. The van der Waals surface area contributed by atoms with Crippen molar-refractivity contribution in [2.45, 2.75) is 0 Å². The van der Waals surface area contributed by atoms with Crippen LogP contribution in [0.4, 0.5) is 10.5 Å². The smallest absolute Gasteiger partial charge is 0.423 e. The Morgan fingerprint density at radius 3 is 2.67 bits per heavy atom. The molecule has 1 rings (SSSR count). The molecule has 0 saturated heterocycles. The van der Waals surface area contributed by atoms with Gasteiger partial charge in [-0.1, -0.05) is 23.7 Å². The van der Waals surface area contributed by atoms with Gasteiger partial charge in [-0.05, 0) is 12.1 Å². The molecule has 0 aromatic heterocycles. The zero-order valence-corrected chi connectivity index (χ0v) is 6.80. The van der Waals surface area contributed by atoms with Crippen molar-refractivity contribution < 1.29 is 9.90 Å². The lowest BCUT2D eigenvalue weighted by Gasteiger charge is -2.05. The minimum Gasteiger partial charge on any atom is -0.464 e. The molecule has 3 N–H and O–H groups in total. The third-order valence-electron chi connectivity index (χ3n) is 1.18. The monoisotopic (exact) mass is 186 g/mol. The van der Waals surface area contributed by atoms with E-state index in [4.69, 9.17) is 16.7 Å². The number of carbonyl (C=O) groups is 1. The topological polar surface area (TPSA) is 61.4 Å². The zero-order valence-electron chi connectivity index (χ0n) is 6.04. The molecule has 0 unspecified atom stereocenters. The van der Waals surface area contributed by atoms with Gasteiger partial charge in [0.2, 0.25) is 0 Å². The first-order chi connectivity index (χ1) is 5.70. The maximum Gasteiger partial charge on any atom is 0.423 e. The van der Waals surface area contributed by atoms with E-state index in [0.717, 1.165) is 0 Å². The molecular weight excluding hydrogens is 180 g/mol. The lowest BCUT2D eigenvalue weighted by molar-refractivity contribution is 0.197. The molecule has 0 spiro atoms. The number of hydrogen-bond acceptors (Lipinski definition) is 2. The summed E-state index contributed by atoms with van der Waals surface area (Å²) in [6.45, 7) is 0. The van der Waals surface area contributed by atoms with E-state index < -0.39 is 6.09 Å². The van der Waals surface area contributed by atoms with Crippen LogP contribution in [0.25, 0.3) is 0 Å². The highest BCUT2D eigenvalue weighted by atomic mass is 35.5. The summed E-state index contributed by atoms with van der Waals surface area (Å²) in [5, 5.41) is 8.71. The molecule has 0 aliphatic carbocycles. The largest absolute Gasteiger partial charge is 0.464 e. The van der Waals surface area contributed by atoms with E-state index in [-0.39, 0.29) is 0 Å². The molecule has 0 saturated carbocycles. The number of amides is 1. The second kappa shape index (κ2) is 3.82. The summed E-state index contributed by atoms with van der Waals surface area (Å²) in [5.74, 6) is 0. The first kappa shape index (κ1) is 8.67. The standard InChI is InChI=1S/C7H7ClN2O2/c8-5-3-1-2-4-6(5)9-10-7(11)12/h1-4,9-10H,(H,11,12). The van der Waals surface area contributed by atoms with E-state index >= 15 is 0 Å². The maximum absolute atomic E-state index is 10.1. The molecule has 12 heavy (non-hydrogen) atoms. The summed E-state index contributed by atoms with van der Waals surface area (Å²) in [6.07, 6.45) is -1.16. The number of benzene rings is 1. The fourth-order valence-electron chi connectivity index (χ4n) is 0.683. The number of hydrazine groups is 1. The normalized spacial score (nSPS) is 9.08. The van der Waals surface area contributed by atoms with Crippen LogP contribution in [-0.2, 0) is 0 Å². The Morgan fingerprint density at radius 2 is 2.08 bits per heavy atom. The van der Waals surface area contributed by atoms with Crippen molar-refractivity contribution in [1.29, 1.82) is 0 Å². The van der Waals surface area contributed by atoms with Crippen LogP contribution in [0.15, 0.2) is 24.3 Å². The lowest BCUT2D eigenvalue weighted by atomic mass is 10.3. The van der Waals surface area contributed by atoms with Crippen molar-refractivity contribution >= 4 is 23.4 Å². The highest BCUT2D eigenvalue weighted by Gasteiger charge is 1.97. The molecule has 0 radical (unpaired) electrons. The third-order valence-corrected chi connectivity index (χ3v) is 1.51. The number of nitrogens with one attached hydrogen (secondary N) is 2. The van der Waals surface area contributed by atoms with Crippen LogP contribution in [0, 0.1) is 0 Å². The number of anilines is 1. The number of carboxylic acid groups (broad SMARTS) is 1. The van der Waals surface area contributed by atoms with Gasteiger partial charge in [-0.15, -0.1) is 0 Å². The van der Waals surface area contributed by atoms with E-state index in [0.29, 0.717) is 10.7 Å². The molecule has 1 aromatic carbocycles. The Morgan fingerprint density at radius 1 is 1.42 bits per heavy atom. The van der Waals surface area contributed by atoms with Gasteiger partial charge >= 0.3 is 6.09 Å². The molecule has 0 atom stereocenters. The average Bonchev–Trinajstić information content (AvgIpc) is 2.03. The van der Waals surface area contributed by atoms with Gasteiger partial charge in [-0.2, -0.15) is 0 Å². The molecule has 0 heterocycles. The predicted molar refractivity (Wildman–Crippen MR) is 46.2 cm³/mol. The van der Waals surface area contributed by atoms with Crippen LogP contribution in [0.5, 0.6) is 0 Å². The minimum absolute atomic E-state index is 0.464. The second-order valence-electron chi connectivity index (χ2n) is 2.03. The molecule has 0 aliphatic rings. The van der Waals surface area contributed by atoms with E-state index in [2.05, 4.69) is 5.43 Å². The zero-order chi connectivity index (χ0) is 8.97. The Bertz CT molecular complexity index is 290. The SMILES string of the molecule is O=C(O)NNc1ccccc1Cl. The molecule has 4 nitrogen and oxygen atoms in total. The van der Waals surface area contributed by atoms with E-state index in [1.807, 2.05) is 5.43 Å². The first-order valence-corrected chi connectivity index (χ1v) is 3.57. The Balaban J connectivity index is 2.63. The Labute approximate surface area is 74.1 Å².